The van der Waals surface area contributed by atoms with E-state index in [4.69, 9.17) is 9.52 Å². The van der Waals surface area contributed by atoms with Gasteiger partial charge in [-0.1, -0.05) is 6.92 Å². The van der Waals surface area contributed by atoms with E-state index < -0.39 is 5.97 Å². The largest absolute Gasteiger partial charge is 0.481 e. The Kier molecular flexibility index (Phi) is 5.23. The van der Waals surface area contributed by atoms with Crippen LogP contribution in [0.3, 0.4) is 0 Å². The third-order valence-corrected chi connectivity index (χ3v) is 2.59. The molecular formula is C12H18N2O4. The van der Waals surface area contributed by atoms with Gasteiger partial charge in [-0.3, -0.25) is 4.79 Å². The fourth-order valence-electron chi connectivity index (χ4n) is 1.52. The highest BCUT2D eigenvalue weighted by molar-refractivity contribution is 5.75. The Hall–Kier alpha value is -1.98. The van der Waals surface area contributed by atoms with Crippen molar-refractivity contribution in [3.8, 4) is 0 Å². The van der Waals surface area contributed by atoms with Gasteiger partial charge in [-0.05, 0) is 12.5 Å². The van der Waals surface area contributed by atoms with Crippen LogP contribution < -0.4 is 5.32 Å². The summed E-state index contributed by atoms with van der Waals surface area (Å²) in [5.41, 5.74) is 0.888. The number of urea groups is 1. The summed E-state index contributed by atoms with van der Waals surface area (Å²) in [5, 5.41) is 11.4. The molecule has 0 fully saturated rings. The summed E-state index contributed by atoms with van der Waals surface area (Å²) in [6, 6.07) is 1.14. The predicted octanol–water partition coefficient (Wildman–Crippen LogP) is 1.67. The van der Waals surface area contributed by atoms with Crippen LogP contribution in [0, 0.1) is 0 Å². The number of furan rings is 1. The Bertz CT molecular complexity index is 389. The number of rotatable bonds is 6. The van der Waals surface area contributed by atoms with E-state index in [9.17, 15) is 9.59 Å². The lowest BCUT2D eigenvalue weighted by molar-refractivity contribution is -0.137. The molecule has 1 aromatic heterocycles. The highest BCUT2D eigenvalue weighted by atomic mass is 16.4. The molecule has 6 heteroatoms. The van der Waals surface area contributed by atoms with Crippen LogP contribution in [-0.2, 0) is 11.3 Å². The van der Waals surface area contributed by atoms with Gasteiger partial charge in [0.1, 0.15) is 0 Å². The summed E-state index contributed by atoms with van der Waals surface area (Å²) in [7, 11) is 1.65. The minimum atomic E-state index is -0.917. The van der Waals surface area contributed by atoms with Crippen LogP contribution in [0.25, 0.3) is 0 Å². The van der Waals surface area contributed by atoms with Gasteiger partial charge in [-0.15, -0.1) is 0 Å². The van der Waals surface area contributed by atoms with Crippen molar-refractivity contribution in [3.63, 3.8) is 0 Å². The van der Waals surface area contributed by atoms with E-state index in [0.29, 0.717) is 13.0 Å². The Labute approximate surface area is 106 Å². The fraction of sp³-hybridized carbons (Fsp3) is 0.500. The number of carboxylic acids is 1. The molecule has 0 spiro atoms. The fourth-order valence-corrected chi connectivity index (χ4v) is 1.52. The molecule has 1 rings (SSSR count). The summed E-state index contributed by atoms with van der Waals surface area (Å²) < 4.78 is 4.91. The second-order valence-corrected chi connectivity index (χ2v) is 4.14. The average molecular weight is 254 g/mol. The molecule has 0 aliphatic rings. The van der Waals surface area contributed by atoms with Gasteiger partial charge in [-0.2, -0.15) is 0 Å². The summed E-state index contributed by atoms with van der Waals surface area (Å²) in [4.78, 5) is 23.9. The SMILES string of the molecule is CCC(CC(=O)O)NC(=O)N(C)Cc1ccoc1. The van der Waals surface area contributed by atoms with Gasteiger partial charge in [0.05, 0.1) is 25.5 Å². The van der Waals surface area contributed by atoms with E-state index in [1.807, 2.05) is 6.92 Å². The molecule has 2 N–H and O–H groups in total. The Morgan fingerprint density at radius 1 is 1.56 bits per heavy atom. The molecule has 1 aromatic rings. The summed E-state index contributed by atoms with van der Waals surface area (Å²) in [5.74, 6) is -0.917. The highest BCUT2D eigenvalue weighted by Gasteiger charge is 2.16. The van der Waals surface area contributed by atoms with Crippen molar-refractivity contribution in [2.45, 2.75) is 32.4 Å². The lowest BCUT2D eigenvalue weighted by atomic mass is 10.1. The van der Waals surface area contributed by atoms with E-state index in [1.54, 1.807) is 25.6 Å². The zero-order chi connectivity index (χ0) is 13.5. The molecule has 0 bridgehead atoms. The molecule has 0 aliphatic carbocycles. The van der Waals surface area contributed by atoms with E-state index >= 15 is 0 Å². The number of amides is 2. The van der Waals surface area contributed by atoms with Crippen LogP contribution in [0.5, 0.6) is 0 Å². The third kappa shape index (κ3) is 4.48. The van der Waals surface area contributed by atoms with Crippen molar-refractivity contribution in [1.82, 2.24) is 10.2 Å². The van der Waals surface area contributed by atoms with Gasteiger partial charge < -0.3 is 19.7 Å². The van der Waals surface area contributed by atoms with Gasteiger partial charge in [0.2, 0.25) is 0 Å². The summed E-state index contributed by atoms with van der Waals surface area (Å²) >= 11 is 0. The topological polar surface area (TPSA) is 82.8 Å². The van der Waals surface area contributed by atoms with Crippen molar-refractivity contribution in [2.24, 2.45) is 0 Å². The lowest BCUT2D eigenvalue weighted by Gasteiger charge is -2.21. The zero-order valence-electron chi connectivity index (χ0n) is 10.5. The number of aliphatic carboxylic acids is 1. The van der Waals surface area contributed by atoms with Crippen molar-refractivity contribution in [3.05, 3.63) is 24.2 Å². The number of carbonyl (C=O) groups excluding carboxylic acids is 1. The first-order valence-corrected chi connectivity index (χ1v) is 5.77. The van der Waals surface area contributed by atoms with Gasteiger partial charge in [-0.25, -0.2) is 4.79 Å². The van der Waals surface area contributed by atoms with E-state index in [0.717, 1.165) is 5.56 Å². The van der Waals surface area contributed by atoms with Crippen molar-refractivity contribution >= 4 is 12.0 Å². The second kappa shape index (κ2) is 6.68. The molecule has 0 saturated heterocycles. The molecule has 6 nitrogen and oxygen atoms in total. The quantitative estimate of drug-likeness (QED) is 0.809. The maximum Gasteiger partial charge on any atom is 0.317 e. The maximum absolute atomic E-state index is 11.8. The average Bonchev–Trinajstić information content (AvgIpc) is 2.80. The number of hydrogen-bond acceptors (Lipinski definition) is 3. The van der Waals surface area contributed by atoms with Crippen LogP contribution in [0.4, 0.5) is 4.79 Å². The third-order valence-electron chi connectivity index (χ3n) is 2.59. The van der Waals surface area contributed by atoms with E-state index in [1.165, 1.54) is 4.90 Å². The normalized spacial score (nSPS) is 11.9. The minimum Gasteiger partial charge on any atom is -0.481 e. The molecule has 1 heterocycles. The molecule has 0 radical (unpaired) electrons. The predicted molar refractivity (Wildman–Crippen MR) is 65.0 cm³/mol. The van der Waals surface area contributed by atoms with Crippen molar-refractivity contribution < 1.29 is 19.1 Å². The van der Waals surface area contributed by atoms with Gasteiger partial charge >= 0.3 is 12.0 Å². The summed E-state index contributed by atoms with van der Waals surface area (Å²) in [6.07, 6.45) is 3.62. The Balaban J connectivity index is 2.45. The molecule has 0 aliphatic heterocycles. The van der Waals surface area contributed by atoms with Gasteiger partial charge in [0, 0.05) is 18.7 Å². The number of carbonyl (C=O) groups is 2. The van der Waals surface area contributed by atoms with Crippen LogP contribution in [0.15, 0.2) is 23.0 Å². The molecular weight excluding hydrogens is 236 g/mol. The molecule has 100 valence electrons. The number of nitrogens with one attached hydrogen (secondary N) is 1. The smallest absolute Gasteiger partial charge is 0.317 e. The van der Waals surface area contributed by atoms with Crippen LogP contribution in [0.1, 0.15) is 25.3 Å². The zero-order valence-corrected chi connectivity index (χ0v) is 10.5. The monoisotopic (exact) mass is 254 g/mol. The Morgan fingerprint density at radius 3 is 2.78 bits per heavy atom. The summed E-state index contributed by atoms with van der Waals surface area (Å²) in [6.45, 7) is 2.26. The molecule has 0 aromatic carbocycles. The van der Waals surface area contributed by atoms with Crippen LogP contribution in [-0.4, -0.2) is 35.1 Å². The number of hydrogen-bond donors (Lipinski definition) is 2. The van der Waals surface area contributed by atoms with Crippen LogP contribution in [0.2, 0.25) is 0 Å². The number of carboxylic acid groups (broad SMARTS) is 1. The molecule has 2 amide bonds. The molecule has 0 saturated carbocycles. The first-order chi connectivity index (χ1) is 8.52. The van der Waals surface area contributed by atoms with Crippen molar-refractivity contribution in [1.29, 1.82) is 0 Å². The maximum atomic E-state index is 11.8. The Morgan fingerprint density at radius 2 is 2.28 bits per heavy atom. The second-order valence-electron chi connectivity index (χ2n) is 4.14. The minimum absolute atomic E-state index is 0.0677. The number of nitrogens with zero attached hydrogens (tertiary/aromatic N) is 1. The first-order valence-electron chi connectivity index (χ1n) is 5.77. The van der Waals surface area contributed by atoms with E-state index in [2.05, 4.69) is 5.32 Å². The molecule has 1 atom stereocenters. The lowest BCUT2D eigenvalue weighted by Crippen LogP contribution is -2.43. The van der Waals surface area contributed by atoms with E-state index in [-0.39, 0.29) is 18.5 Å². The standard InChI is InChI=1S/C12H18N2O4/c1-3-10(6-11(15)16)13-12(17)14(2)7-9-4-5-18-8-9/h4-5,8,10H,3,6-7H2,1-2H3,(H,13,17)(H,15,16). The highest BCUT2D eigenvalue weighted by Crippen LogP contribution is 2.05. The van der Waals surface area contributed by atoms with Crippen molar-refractivity contribution in [2.75, 3.05) is 7.05 Å². The van der Waals surface area contributed by atoms with Gasteiger partial charge in [0.25, 0.3) is 0 Å². The van der Waals surface area contributed by atoms with Crippen LogP contribution >= 0.6 is 0 Å². The molecule has 18 heavy (non-hydrogen) atoms. The molecule has 1 unspecified atom stereocenters. The first kappa shape index (κ1) is 14.1. The van der Waals surface area contributed by atoms with Gasteiger partial charge in [0.15, 0.2) is 0 Å².